The van der Waals surface area contributed by atoms with Crippen LogP contribution in [0.1, 0.15) is 0 Å². The van der Waals surface area contributed by atoms with Gasteiger partial charge in [-0.3, -0.25) is 0 Å². The predicted octanol–water partition coefficient (Wildman–Crippen LogP) is 8.83. The molecule has 0 aliphatic rings. The standard InChI is InChI=1S/3C10H7NO2.Nd/c3*12-9-6-5-7-3-1-2-4-8(7)10(9)11-13;/h3*1-6,12H;. The van der Waals surface area contributed by atoms with Crippen LogP contribution in [0.4, 0.5) is 17.1 Å². The Labute approximate surface area is 260 Å². The summed E-state index contributed by atoms with van der Waals surface area (Å²) in [5.41, 5.74) is 0.328. The molecular formula is C30H21N3NdO6. The minimum atomic E-state index is -0.0753. The molecule has 0 aliphatic heterocycles. The molecule has 10 heteroatoms. The van der Waals surface area contributed by atoms with Gasteiger partial charge in [-0.25, -0.2) is 0 Å². The molecule has 0 saturated carbocycles. The van der Waals surface area contributed by atoms with Crippen LogP contribution in [0.3, 0.4) is 0 Å². The van der Waals surface area contributed by atoms with Gasteiger partial charge >= 0.3 is 0 Å². The third-order valence-corrected chi connectivity index (χ3v) is 5.91. The maximum Gasteiger partial charge on any atom is 0.157 e. The van der Waals surface area contributed by atoms with Crippen LogP contribution in [0, 0.1) is 55.6 Å². The molecule has 40 heavy (non-hydrogen) atoms. The Morgan fingerprint density at radius 3 is 0.875 bits per heavy atom. The molecule has 0 unspecified atom stereocenters. The van der Waals surface area contributed by atoms with E-state index in [-0.39, 0.29) is 75.1 Å². The van der Waals surface area contributed by atoms with Crippen molar-refractivity contribution in [2.24, 2.45) is 15.5 Å². The molecule has 6 aromatic carbocycles. The van der Waals surface area contributed by atoms with Crippen LogP contribution >= 0.6 is 0 Å². The van der Waals surface area contributed by atoms with Gasteiger partial charge in [-0.05, 0) is 49.9 Å². The van der Waals surface area contributed by atoms with Crippen LogP contribution < -0.4 is 0 Å². The molecule has 0 aliphatic carbocycles. The second-order valence-electron chi connectivity index (χ2n) is 8.24. The maximum absolute atomic E-state index is 10.4. The van der Waals surface area contributed by atoms with Gasteiger partial charge in [0.2, 0.25) is 0 Å². The van der Waals surface area contributed by atoms with Crippen molar-refractivity contribution in [3.8, 4) is 17.2 Å². The predicted molar refractivity (Wildman–Crippen MR) is 153 cm³/mol. The van der Waals surface area contributed by atoms with Crippen molar-refractivity contribution in [1.29, 1.82) is 0 Å². The van der Waals surface area contributed by atoms with E-state index in [2.05, 4.69) is 15.5 Å². The van der Waals surface area contributed by atoms with Crippen molar-refractivity contribution < 1.29 is 56.2 Å². The molecule has 3 N–H and O–H groups in total. The number of fused-ring (bicyclic) bond motifs is 3. The van der Waals surface area contributed by atoms with Crippen molar-refractivity contribution in [2.45, 2.75) is 0 Å². The summed E-state index contributed by atoms with van der Waals surface area (Å²) in [5.74, 6) is -0.226. The van der Waals surface area contributed by atoms with E-state index in [9.17, 15) is 30.0 Å². The zero-order valence-corrected chi connectivity index (χ0v) is 24.0. The van der Waals surface area contributed by atoms with Crippen LogP contribution in [0.5, 0.6) is 17.2 Å². The van der Waals surface area contributed by atoms with Gasteiger partial charge in [-0.1, -0.05) is 91.0 Å². The van der Waals surface area contributed by atoms with E-state index in [1.807, 2.05) is 36.4 Å². The van der Waals surface area contributed by atoms with Crippen molar-refractivity contribution >= 4 is 49.4 Å². The fourth-order valence-corrected chi connectivity index (χ4v) is 4.02. The number of nitroso groups, excluding NO2 is 3. The Hall–Kier alpha value is -4.35. The third kappa shape index (κ3) is 6.61. The second-order valence-corrected chi connectivity index (χ2v) is 8.24. The number of nitrogens with zero attached hydrogens (tertiary/aromatic N) is 3. The number of phenols is 3. The van der Waals surface area contributed by atoms with Crippen molar-refractivity contribution in [1.82, 2.24) is 0 Å². The van der Waals surface area contributed by atoms with Crippen molar-refractivity contribution in [3.05, 3.63) is 124 Å². The number of hydrogen-bond donors (Lipinski definition) is 3. The summed E-state index contributed by atoms with van der Waals surface area (Å²) < 4.78 is 0. The fourth-order valence-electron chi connectivity index (χ4n) is 4.02. The van der Waals surface area contributed by atoms with Crippen molar-refractivity contribution in [3.63, 3.8) is 0 Å². The van der Waals surface area contributed by atoms with Gasteiger partial charge in [0.15, 0.2) is 17.1 Å². The fraction of sp³-hybridized carbons (Fsp3) is 0. The van der Waals surface area contributed by atoms with E-state index in [0.29, 0.717) is 16.2 Å². The normalized spacial score (nSPS) is 9.90. The number of hydrogen-bond acceptors (Lipinski definition) is 9. The Balaban J connectivity index is 0.000000163. The first kappa shape index (κ1) is 30.2. The molecule has 0 atom stereocenters. The Bertz CT molecular complexity index is 1620. The maximum atomic E-state index is 10.4. The van der Waals surface area contributed by atoms with E-state index >= 15 is 0 Å². The average Bonchev–Trinajstić information content (AvgIpc) is 2.98. The number of aromatic hydroxyl groups is 3. The van der Waals surface area contributed by atoms with Crippen molar-refractivity contribution in [2.75, 3.05) is 0 Å². The van der Waals surface area contributed by atoms with Gasteiger partial charge in [0.1, 0.15) is 17.2 Å². The molecule has 196 valence electrons. The number of benzene rings is 6. The van der Waals surface area contributed by atoms with Gasteiger partial charge in [-0.15, -0.1) is 14.7 Å². The summed E-state index contributed by atoms with van der Waals surface area (Å²) in [7, 11) is 0. The minimum Gasteiger partial charge on any atom is -0.506 e. The van der Waals surface area contributed by atoms with Crippen LogP contribution in [0.25, 0.3) is 32.3 Å². The topological polar surface area (TPSA) is 149 Å². The summed E-state index contributed by atoms with van der Waals surface area (Å²) >= 11 is 0. The van der Waals surface area contributed by atoms with Gasteiger partial charge in [0, 0.05) is 57.0 Å². The summed E-state index contributed by atoms with van der Waals surface area (Å²) in [6.45, 7) is 0. The van der Waals surface area contributed by atoms with Gasteiger partial charge in [0.05, 0.1) is 0 Å². The summed E-state index contributed by atoms with van der Waals surface area (Å²) in [6.07, 6.45) is 0. The van der Waals surface area contributed by atoms with E-state index < -0.39 is 0 Å². The summed E-state index contributed by atoms with van der Waals surface area (Å²) in [5, 5.41) is 41.1. The monoisotopic (exact) mass is 661 g/mol. The molecule has 0 spiro atoms. The first-order chi connectivity index (χ1) is 19.0. The Morgan fingerprint density at radius 2 is 0.625 bits per heavy atom. The largest absolute Gasteiger partial charge is 0.506 e. The zero-order valence-electron chi connectivity index (χ0n) is 20.8. The van der Waals surface area contributed by atoms with E-state index in [0.717, 1.165) is 16.2 Å². The minimum absolute atomic E-state index is 0. The van der Waals surface area contributed by atoms with Gasteiger partial charge in [-0.2, -0.15) is 0 Å². The Morgan fingerprint density at radius 1 is 0.375 bits per heavy atom. The van der Waals surface area contributed by atoms with E-state index in [1.54, 1.807) is 54.6 Å². The summed E-state index contributed by atoms with van der Waals surface area (Å²) in [4.78, 5) is 31.3. The number of rotatable bonds is 3. The molecule has 6 rings (SSSR count). The molecule has 0 amide bonds. The molecule has 0 radical (unpaired) electrons. The van der Waals surface area contributed by atoms with E-state index in [1.165, 1.54) is 18.2 Å². The SMILES string of the molecule is O=Nc1c(O)ccc2ccccc12.O=Nc1c(O)ccc2ccccc12.O=Nc1c(O)ccc2ccccc12.[Nd]. The first-order valence-corrected chi connectivity index (χ1v) is 11.6. The molecule has 0 bridgehead atoms. The second kappa shape index (κ2) is 14.2. The quantitative estimate of drug-likeness (QED) is 0.161. The molecular weight excluding hydrogens is 643 g/mol. The van der Waals surface area contributed by atoms with E-state index in [4.69, 9.17) is 0 Å². The number of phenolic OH excluding ortho intramolecular Hbond substituents is 3. The average molecular weight is 664 g/mol. The van der Waals surface area contributed by atoms with Crippen LogP contribution in [0.15, 0.2) is 125 Å². The third-order valence-electron chi connectivity index (χ3n) is 5.91. The zero-order chi connectivity index (χ0) is 27.8. The summed E-state index contributed by atoms with van der Waals surface area (Å²) in [6, 6.07) is 31.5. The molecule has 9 nitrogen and oxygen atoms in total. The van der Waals surface area contributed by atoms with Gasteiger partial charge < -0.3 is 15.3 Å². The molecule has 0 saturated heterocycles. The first-order valence-electron chi connectivity index (χ1n) is 11.6. The molecule has 0 fully saturated rings. The molecule has 0 heterocycles. The van der Waals surface area contributed by atoms with Crippen LogP contribution in [-0.4, -0.2) is 15.3 Å². The smallest absolute Gasteiger partial charge is 0.157 e. The van der Waals surface area contributed by atoms with Gasteiger partial charge in [0.25, 0.3) is 0 Å². The molecule has 0 aromatic heterocycles. The Kier molecular flexibility index (Phi) is 10.7. The van der Waals surface area contributed by atoms with Crippen LogP contribution in [0.2, 0.25) is 0 Å². The molecule has 6 aromatic rings. The van der Waals surface area contributed by atoms with Crippen LogP contribution in [-0.2, 0) is 0 Å².